The van der Waals surface area contributed by atoms with Gasteiger partial charge in [-0.25, -0.2) is 0 Å². The third-order valence-corrected chi connectivity index (χ3v) is 3.32. The van der Waals surface area contributed by atoms with Crippen LogP contribution in [0.15, 0.2) is 35.3 Å². The second kappa shape index (κ2) is 4.80. The Balaban J connectivity index is 2.47. The molecule has 0 saturated carbocycles. The summed E-state index contributed by atoms with van der Waals surface area (Å²) in [6.45, 7) is 6.66. The number of hydrogen-bond donors (Lipinski definition) is 2. The van der Waals surface area contributed by atoms with Crippen LogP contribution < -0.4 is 10.6 Å². The van der Waals surface area contributed by atoms with Crippen LogP contribution in [-0.4, -0.2) is 18.4 Å². The molecule has 4 nitrogen and oxygen atoms in total. The highest BCUT2D eigenvalue weighted by atomic mass is 16.2. The molecule has 0 aromatic heterocycles. The van der Waals surface area contributed by atoms with Gasteiger partial charge in [0.05, 0.1) is 0 Å². The summed E-state index contributed by atoms with van der Waals surface area (Å²) >= 11 is 0. The van der Waals surface area contributed by atoms with Gasteiger partial charge in [-0.1, -0.05) is 44.2 Å². The summed E-state index contributed by atoms with van der Waals surface area (Å²) in [5.41, 5.74) is 0.258. The fourth-order valence-electron chi connectivity index (χ4n) is 2.36. The molecule has 1 aromatic carbocycles. The van der Waals surface area contributed by atoms with Crippen molar-refractivity contribution >= 4 is 11.9 Å². The molecule has 1 atom stereocenters. The number of nitrogens with zero attached hydrogens (tertiary/aromatic N) is 1. The maximum Gasteiger partial charge on any atom is 0.257 e. The Morgan fingerprint density at radius 2 is 1.94 bits per heavy atom. The number of carbonyl (C=O) groups is 1. The summed E-state index contributed by atoms with van der Waals surface area (Å²) in [6, 6.07) is 9.79. The number of rotatable bonds is 3. The van der Waals surface area contributed by atoms with E-state index in [-0.39, 0.29) is 11.8 Å². The molecular weight excluding hydrogens is 226 g/mol. The van der Waals surface area contributed by atoms with E-state index in [1.54, 1.807) is 0 Å². The van der Waals surface area contributed by atoms with Crippen molar-refractivity contribution in [1.82, 2.24) is 10.6 Å². The Bertz CT molecular complexity index is 467. The molecule has 2 rings (SSSR count). The van der Waals surface area contributed by atoms with Crippen molar-refractivity contribution in [1.29, 1.82) is 0 Å². The minimum Gasteiger partial charge on any atom is -0.338 e. The summed E-state index contributed by atoms with van der Waals surface area (Å²) < 4.78 is 0. The Morgan fingerprint density at radius 1 is 1.28 bits per heavy atom. The summed E-state index contributed by atoms with van der Waals surface area (Å²) in [5.74, 6) is 0.667. The van der Waals surface area contributed by atoms with Crippen LogP contribution in [0.3, 0.4) is 0 Å². The second-order valence-corrected chi connectivity index (χ2v) is 4.73. The van der Waals surface area contributed by atoms with Crippen LogP contribution in [-0.2, 0) is 10.3 Å². The van der Waals surface area contributed by atoms with Gasteiger partial charge in [0.1, 0.15) is 5.54 Å². The van der Waals surface area contributed by atoms with Gasteiger partial charge in [0.2, 0.25) is 0 Å². The lowest BCUT2D eigenvalue weighted by atomic mass is 9.80. The molecule has 1 saturated heterocycles. The van der Waals surface area contributed by atoms with Gasteiger partial charge in [0.15, 0.2) is 5.96 Å². The van der Waals surface area contributed by atoms with Crippen molar-refractivity contribution in [3.05, 3.63) is 35.9 Å². The van der Waals surface area contributed by atoms with E-state index >= 15 is 0 Å². The van der Waals surface area contributed by atoms with Crippen molar-refractivity contribution in [2.75, 3.05) is 6.54 Å². The molecule has 18 heavy (non-hydrogen) atoms. The molecule has 96 valence electrons. The number of amides is 1. The Labute approximate surface area is 108 Å². The molecule has 1 aliphatic rings. The van der Waals surface area contributed by atoms with E-state index in [4.69, 9.17) is 0 Å². The van der Waals surface area contributed by atoms with Crippen molar-refractivity contribution in [3.8, 4) is 0 Å². The van der Waals surface area contributed by atoms with Gasteiger partial charge in [0.25, 0.3) is 5.91 Å². The summed E-state index contributed by atoms with van der Waals surface area (Å²) in [4.78, 5) is 16.6. The monoisotopic (exact) mass is 245 g/mol. The minimum absolute atomic E-state index is 0.0316. The van der Waals surface area contributed by atoms with E-state index in [1.165, 1.54) is 0 Å². The van der Waals surface area contributed by atoms with E-state index in [0.29, 0.717) is 12.5 Å². The molecule has 0 spiro atoms. The van der Waals surface area contributed by atoms with Gasteiger partial charge in [0, 0.05) is 6.54 Å². The van der Waals surface area contributed by atoms with Crippen LogP contribution in [0.2, 0.25) is 0 Å². The molecule has 1 amide bonds. The van der Waals surface area contributed by atoms with Gasteiger partial charge in [-0.15, -0.1) is 0 Å². The normalized spacial score (nSPS) is 25.3. The predicted octanol–water partition coefficient (Wildman–Crippen LogP) is 1.63. The summed E-state index contributed by atoms with van der Waals surface area (Å²) in [7, 11) is 0. The minimum atomic E-state index is -0.713. The smallest absolute Gasteiger partial charge is 0.257 e. The predicted molar refractivity (Wildman–Crippen MR) is 72.2 cm³/mol. The van der Waals surface area contributed by atoms with Gasteiger partial charge in [-0.2, -0.15) is 0 Å². The molecule has 1 aliphatic heterocycles. The Kier molecular flexibility index (Phi) is 3.36. The molecule has 0 bridgehead atoms. The zero-order valence-corrected chi connectivity index (χ0v) is 11.0. The molecule has 1 fully saturated rings. The van der Waals surface area contributed by atoms with Crippen LogP contribution in [0.1, 0.15) is 26.3 Å². The lowest BCUT2D eigenvalue weighted by Gasteiger charge is -2.31. The standard InChI is InChI=1S/C14H19N3O/c1-4-15-13-16-12(18)14(17-13,10(2)3)11-8-6-5-7-9-11/h5-10H,4H2,1-3H3,(H2,15,16,17,18). The van der Waals surface area contributed by atoms with E-state index in [1.807, 2.05) is 51.1 Å². The molecule has 1 unspecified atom stereocenters. The van der Waals surface area contributed by atoms with Gasteiger partial charge < -0.3 is 5.32 Å². The van der Waals surface area contributed by atoms with Crippen LogP contribution in [0.25, 0.3) is 0 Å². The maximum atomic E-state index is 12.4. The van der Waals surface area contributed by atoms with Crippen LogP contribution in [0, 0.1) is 5.92 Å². The van der Waals surface area contributed by atoms with E-state index in [2.05, 4.69) is 15.6 Å². The lowest BCUT2D eigenvalue weighted by Crippen LogP contribution is -2.48. The van der Waals surface area contributed by atoms with Crippen molar-refractivity contribution in [2.45, 2.75) is 26.3 Å². The number of benzene rings is 1. The fourth-order valence-corrected chi connectivity index (χ4v) is 2.36. The zero-order chi connectivity index (χ0) is 13.2. The van der Waals surface area contributed by atoms with Crippen LogP contribution in [0.5, 0.6) is 0 Å². The molecule has 4 heteroatoms. The average molecular weight is 245 g/mol. The van der Waals surface area contributed by atoms with Crippen molar-refractivity contribution < 1.29 is 4.79 Å². The highest BCUT2D eigenvalue weighted by molar-refractivity contribution is 6.09. The number of guanidine groups is 1. The average Bonchev–Trinajstić information content (AvgIpc) is 2.69. The van der Waals surface area contributed by atoms with E-state index < -0.39 is 5.54 Å². The molecule has 0 aliphatic carbocycles. The van der Waals surface area contributed by atoms with Gasteiger partial charge in [-0.3, -0.25) is 15.1 Å². The first-order chi connectivity index (χ1) is 8.61. The topological polar surface area (TPSA) is 53.5 Å². The van der Waals surface area contributed by atoms with Crippen LogP contribution >= 0.6 is 0 Å². The first kappa shape index (κ1) is 12.6. The SMILES string of the molecule is CCN=C1NC(=O)C(c2ccccc2)(C(C)C)N1. The second-order valence-electron chi connectivity index (χ2n) is 4.73. The quantitative estimate of drug-likeness (QED) is 0.850. The molecular formula is C14H19N3O. The highest BCUT2D eigenvalue weighted by Gasteiger charge is 2.48. The Hall–Kier alpha value is -1.84. The number of hydrogen-bond acceptors (Lipinski definition) is 2. The van der Waals surface area contributed by atoms with Gasteiger partial charge >= 0.3 is 0 Å². The summed E-state index contributed by atoms with van der Waals surface area (Å²) in [5, 5.41) is 6.09. The maximum absolute atomic E-state index is 12.4. The first-order valence-electron chi connectivity index (χ1n) is 6.31. The molecule has 0 radical (unpaired) electrons. The number of aliphatic imine (C=N–C) groups is 1. The van der Waals surface area contributed by atoms with E-state index in [9.17, 15) is 4.79 Å². The zero-order valence-electron chi connectivity index (χ0n) is 11.0. The van der Waals surface area contributed by atoms with E-state index in [0.717, 1.165) is 5.56 Å². The molecule has 1 heterocycles. The Morgan fingerprint density at radius 3 is 2.50 bits per heavy atom. The number of nitrogens with one attached hydrogen (secondary N) is 2. The first-order valence-corrected chi connectivity index (χ1v) is 6.31. The lowest BCUT2D eigenvalue weighted by molar-refractivity contribution is -0.125. The van der Waals surface area contributed by atoms with Gasteiger partial charge in [-0.05, 0) is 18.4 Å². The third kappa shape index (κ3) is 1.88. The third-order valence-electron chi connectivity index (χ3n) is 3.32. The number of carbonyl (C=O) groups excluding carboxylic acids is 1. The highest BCUT2D eigenvalue weighted by Crippen LogP contribution is 2.32. The van der Waals surface area contributed by atoms with Crippen molar-refractivity contribution in [2.24, 2.45) is 10.9 Å². The fraction of sp³-hybridized carbons (Fsp3) is 0.429. The molecule has 2 N–H and O–H groups in total. The van der Waals surface area contributed by atoms with Crippen molar-refractivity contribution in [3.63, 3.8) is 0 Å². The van der Waals surface area contributed by atoms with Crippen LogP contribution in [0.4, 0.5) is 0 Å². The largest absolute Gasteiger partial charge is 0.338 e. The molecule has 1 aromatic rings. The summed E-state index contributed by atoms with van der Waals surface area (Å²) in [6.07, 6.45) is 0.